The summed E-state index contributed by atoms with van der Waals surface area (Å²) in [6.45, 7) is 4.72. The number of ether oxygens (including phenoxy) is 2. The van der Waals surface area contributed by atoms with Gasteiger partial charge in [0.05, 0.1) is 24.3 Å². The number of aromatic nitrogens is 1. The van der Waals surface area contributed by atoms with Crippen molar-refractivity contribution < 1.29 is 23.9 Å². The van der Waals surface area contributed by atoms with E-state index in [4.69, 9.17) is 14.5 Å². The Hall–Kier alpha value is -4.02. The van der Waals surface area contributed by atoms with Crippen molar-refractivity contribution in [2.45, 2.75) is 56.6 Å². The molecule has 10 heteroatoms. The van der Waals surface area contributed by atoms with Gasteiger partial charge in [-0.25, -0.2) is 4.98 Å². The van der Waals surface area contributed by atoms with E-state index < -0.39 is 11.9 Å². The number of anilines is 1. The van der Waals surface area contributed by atoms with E-state index in [1.165, 1.54) is 5.56 Å². The number of benzene rings is 2. The van der Waals surface area contributed by atoms with Crippen LogP contribution >= 0.6 is 0 Å². The molecule has 10 nitrogen and oxygen atoms in total. The number of likely N-dealkylation sites (tertiary alicyclic amines) is 1. The molecule has 4 atom stereocenters. The van der Waals surface area contributed by atoms with Crippen LogP contribution < -0.4 is 15.0 Å². The predicted octanol–water partition coefficient (Wildman–Crippen LogP) is 2.24. The number of pyridine rings is 1. The van der Waals surface area contributed by atoms with Crippen LogP contribution in [-0.2, 0) is 27.4 Å². The smallest absolute Gasteiger partial charge is 0.255 e. The summed E-state index contributed by atoms with van der Waals surface area (Å²) in [5.74, 6) is 0.924. The Balaban J connectivity index is 0.885. The number of carbonyl (C=O) groups excluding carboxylic acids is 3. The average Bonchev–Trinajstić information content (AvgIpc) is 3.53. The number of fused-ring (bicyclic) bond motifs is 3. The van der Waals surface area contributed by atoms with Crippen molar-refractivity contribution in [3.05, 3.63) is 65.2 Å². The summed E-state index contributed by atoms with van der Waals surface area (Å²) >= 11 is 0. The molecule has 1 aromatic heterocycles. The predicted molar refractivity (Wildman–Crippen MR) is 149 cm³/mol. The maximum atomic E-state index is 13.0. The summed E-state index contributed by atoms with van der Waals surface area (Å²) in [5, 5.41) is 3.50. The molecule has 0 aliphatic carbocycles. The van der Waals surface area contributed by atoms with Gasteiger partial charge in [-0.05, 0) is 66.4 Å². The first kappa shape index (κ1) is 24.8. The lowest BCUT2D eigenvalue weighted by Crippen LogP contribution is -2.71. The van der Waals surface area contributed by atoms with Crippen LogP contribution in [0.15, 0.2) is 48.5 Å². The molecule has 0 saturated carbocycles. The molecule has 0 bridgehead atoms. The van der Waals surface area contributed by atoms with Crippen molar-refractivity contribution in [3.63, 3.8) is 0 Å². The number of piperidine rings is 1. The minimum Gasteiger partial charge on any atom is -0.489 e. The molecule has 3 amide bonds. The topological polar surface area (TPSA) is 104 Å². The molecule has 41 heavy (non-hydrogen) atoms. The third-order valence-corrected chi connectivity index (χ3v) is 9.15. The summed E-state index contributed by atoms with van der Waals surface area (Å²) in [6.07, 6.45) is 1.99. The number of nitrogens with one attached hydrogen (secondary N) is 1. The Labute approximate surface area is 237 Å². The van der Waals surface area contributed by atoms with Crippen LogP contribution in [0.1, 0.15) is 40.7 Å². The van der Waals surface area contributed by atoms with Crippen molar-refractivity contribution in [2.24, 2.45) is 0 Å². The van der Waals surface area contributed by atoms with Crippen LogP contribution in [0.2, 0.25) is 0 Å². The van der Waals surface area contributed by atoms with Crippen LogP contribution in [0.25, 0.3) is 10.9 Å². The van der Waals surface area contributed by atoms with Gasteiger partial charge in [0.2, 0.25) is 11.8 Å². The summed E-state index contributed by atoms with van der Waals surface area (Å²) < 4.78 is 11.9. The second-order valence-corrected chi connectivity index (χ2v) is 11.8. The molecule has 4 fully saturated rings. The van der Waals surface area contributed by atoms with Crippen molar-refractivity contribution >= 4 is 34.4 Å². The van der Waals surface area contributed by atoms with Crippen molar-refractivity contribution in [3.8, 4) is 5.75 Å². The van der Waals surface area contributed by atoms with Gasteiger partial charge in [-0.2, -0.15) is 0 Å². The van der Waals surface area contributed by atoms with Gasteiger partial charge in [0.15, 0.2) is 0 Å². The fourth-order valence-corrected chi connectivity index (χ4v) is 6.77. The van der Waals surface area contributed by atoms with E-state index in [0.29, 0.717) is 30.7 Å². The summed E-state index contributed by atoms with van der Waals surface area (Å²) in [6, 6.07) is 16.3. The zero-order valence-corrected chi connectivity index (χ0v) is 22.6. The van der Waals surface area contributed by atoms with Gasteiger partial charge >= 0.3 is 0 Å². The number of amides is 3. The molecule has 5 aliphatic rings. The number of carbonyl (C=O) groups is 3. The Morgan fingerprint density at radius 2 is 1.93 bits per heavy atom. The molecule has 2 aromatic carbocycles. The molecular formula is C31H31N5O5. The highest BCUT2D eigenvalue weighted by Crippen LogP contribution is 2.35. The maximum Gasteiger partial charge on any atom is 0.255 e. The van der Waals surface area contributed by atoms with Crippen LogP contribution in [0, 0.1) is 0 Å². The van der Waals surface area contributed by atoms with Crippen LogP contribution in [0.4, 0.5) is 5.82 Å². The van der Waals surface area contributed by atoms with E-state index in [-0.39, 0.29) is 24.3 Å². The molecule has 0 spiro atoms. The lowest BCUT2D eigenvalue weighted by Gasteiger charge is -2.55. The van der Waals surface area contributed by atoms with Crippen LogP contribution in [0.3, 0.4) is 0 Å². The van der Waals surface area contributed by atoms with Gasteiger partial charge in [-0.15, -0.1) is 0 Å². The Morgan fingerprint density at radius 1 is 1.00 bits per heavy atom. The van der Waals surface area contributed by atoms with Gasteiger partial charge in [0.25, 0.3) is 5.91 Å². The van der Waals surface area contributed by atoms with Crippen LogP contribution in [0.5, 0.6) is 5.75 Å². The van der Waals surface area contributed by atoms with E-state index in [1.807, 2.05) is 12.1 Å². The SMILES string of the molecule is O=C1CCC(N2Cc3cc(O[C@H]4CCN(Cc5ccc6nc(N7CC8OC[C@H]87)ccc6c5)C4)ccc3C2=O)C(=O)N1. The molecule has 6 heterocycles. The second kappa shape index (κ2) is 9.53. The molecule has 8 rings (SSSR count). The zero-order chi connectivity index (χ0) is 27.7. The number of hydrogen-bond acceptors (Lipinski definition) is 8. The largest absolute Gasteiger partial charge is 0.489 e. The maximum absolute atomic E-state index is 13.0. The normalized spacial score (nSPS) is 27.4. The van der Waals surface area contributed by atoms with Gasteiger partial charge in [-0.1, -0.05) is 6.07 Å². The third-order valence-electron chi connectivity index (χ3n) is 9.15. The summed E-state index contributed by atoms with van der Waals surface area (Å²) in [4.78, 5) is 48.0. The lowest BCUT2D eigenvalue weighted by atomic mass is 9.95. The average molecular weight is 554 g/mol. The molecule has 4 saturated heterocycles. The van der Waals surface area contributed by atoms with Gasteiger partial charge < -0.3 is 19.3 Å². The highest BCUT2D eigenvalue weighted by Gasteiger charge is 2.47. The number of nitrogens with zero attached hydrogens (tertiary/aromatic N) is 4. The summed E-state index contributed by atoms with van der Waals surface area (Å²) in [5.41, 5.74) is 3.73. The van der Waals surface area contributed by atoms with E-state index in [2.05, 4.69) is 45.4 Å². The minimum absolute atomic E-state index is 0.0666. The van der Waals surface area contributed by atoms with E-state index in [0.717, 1.165) is 67.2 Å². The lowest BCUT2D eigenvalue weighted by molar-refractivity contribution is -0.136. The van der Waals surface area contributed by atoms with Gasteiger partial charge in [0, 0.05) is 50.1 Å². The first-order chi connectivity index (χ1) is 20.0. The molecular weight excluding hydrogens is 522 g/mol. The van der Waals surface area contributed by atoms with E-state index >= 15 is 0 Å². The number of imide groups is 1. The van der Waals surface area contributed by atoms with Crippen molar-refractivity contribution in [2.75, 3.05) is 31.1 Å². The molecule has 2 unspecified atom stereocenters. The molecule has 0 radical (unpaired) electrons. The van der Waals surface area contributed by atoms with Crippen molar-refractivity contribution in [1.29, 1.82) is 0 Å². The Kier molecular flexibility index (Phi) is 5.75. The highest BCUT2D eigenvalue weighted by atomic mass is 16.5. The fourth-order valence-electron chi connectivity index (χ4n) is 6.77. The molecule has 3 aromatic rings. The van der Waals surface area contributed by atoms with Gasteiger partial charge in [-0.3, -0.25) is 24.6 Å². The highest BCUT2D eigenvalue weighted by molar-refractivity contribution is 6.05. The fraction of sp³-hybridized carbons (Fsp3) is 0.419. The summed E-state index contributed by atoms with van der Waals surface area (Å²) in [7, 11) is 0. The van der Waals surface area contributed by atoms with Crippen molar-refractivity contribution in [1.82, 2.24) is 20.1 Å². The molecule has 1 N–H and O–H groups in total. The monoisotopic (exact) mass is 553 g/mol. The van der Waals surface area contributed by atoms with E-state index in [9.17, 15) is 14.4 Å². The standard InChI is InChI=1S/C31H31N5O5/c37-29-8-6-25(30(38)33-29)36-14-20-12-21(3-4-23(20)31(36)39)41-22-9-10-34(15-22)13-18-1-5-24-19(11-18)2-7-28(32-24)35-16-27-26(35)17-40-27/h1-5,7,11-12,22,25-27H,6,8-10,13-17H2,(H,33,37,38)/t22-,25?,26+,27?/m0/s1. The quantitative estimate of drug-likeness (QED) is 0.464. The second-order valence-electron chi connectivity index (χ2n) is 11.8. The number of morpholine rings is 1. The number of hydrogen-bond donors (Lipinski definition) is 1. The first-order valence-electron chi connectivity index (χ1n) is 14.4. The third kappa shape index (κ3) is 4.33. The van der Waals surface area contributed by atoms with E-state index in [1.54, 1.807) is 11.0 Å². The molecule has 210 valence electrons. The van der Waals surface area contributed by atoms with Gasteiger partial charge in [0.1, 0.15) is 23.7 Å². The zero-order valence-electron chi connectivity index (χ0n) is 22.6. The number of rotatable bonds is 6. The first-order valence-corrected chi connectivity index (χ1v) is 14.4. The Morgan fingerprint density at radius 3 is 2.73 bits per heavy atom. The molecule has 5 aliphatic heterocycles. The van der Waals surface area contributed by atoms with Crippen LogP contribution in [-0.4, -0.2) is 83.0 Å². The Bertz CT molecular complexity index is 1590. The minimum atomic E-state index is -0.612.